The Morgan fingerprint density at radius 2 is 2.11 bits per heavy atom. The van der Waals surface area contributed by atoms with Gasteiger partial charge in [0.2, 0.25) is 0 Å². The molecule has 0 aliphatic heterocycles. The lowest BCUT2D eigenvalue weighted by atomic mass is 10.1. The first-order chi connectivity index (χ1) is 8.65. The number of hydrogen-bond acceptors (Lipinski definition) is 3. The van der Waals surface area contributed by atoms with E-state index in [-0.39, 0.29) is 12.1 Å². The number of benzene rings is 1. The van der Waals surface area contributed by atoms with Crippen molar-refractivity contribution in [1.29, 1.82) is 0 Å². The maximum Gasteiger partial charge on any atom is 0.338 e. The zero-order valence-corrected chi connectivity index (χ0v) is 11.0. The number of hydrogen-bond donors (Lipinski definition) is 1. The van der Waals surface area contributed by atoms with E-state index in [1.54, 1.807) is 12.1 Å². The molecule has 0 heterocycles. The van der Waals surface area contributed by atoms with Gasteiger partial charge in [-0.25, -0.2) is 4.79 Å². The fraction of sp³-hybridized carbons (Fsp3) is 0.429. The van der Waals surface area contributed by atoms with Gasteiger partial charge in [-0.3, -0.25) is 0 Å². The molecular weight excluding hydrogens is 246 g/mol. The Morgan fingerprint density at radius 3 is 2.78 bits per heavy atom. The van der Waals surface area contributed by atoms with Crippen molar-refractivity contribution in [3.8, 4) is 0 Å². The highest BCUT2D eigenvalue weighted by Crippen LogP contribution is 2.22. The average Bonchev–Trinajstić information content (AvgIpc) is 2.81. The molecule has 18 heavy (non-hydrogen) atoms. The molecule has 0 saturated heterocycles. The third-order valence-corrected chi connectivity index (χ3v) is 3.26. The molecule has 0 aromatic heterocycles. The third kappa shape index (κ3) is 3.53. The van der Waals surface area contributed by atoms with Crippen LogP contribution in [-0.2, 0) is 11.2 Å². The van der Waals surface area contributed by atoms with Crippen LogP contribution in [0.5, 0.6) is 0 Å². The van der Waals surface area contributed by atoms with Gasteiger partial charge in [0.15, 0.2) is 0 Å². The molecule has 1 aromatic rings. The van der Waals surface area contributed by atoms with E-state index in [1.807, 2.05) is 12.1 Å². The number of thiocarbonyl (C=S) groups is 1. The van der Waals surface area contributed by atoms with Crippen molar-refractivity contribution >= 4 is 23.2 Å². The summed E-state index contributed by atoms with van der Waals surface area (Å²) in [6, 6.07) is 7.31. The third-order valence-electron chi connectivity index (χ3n) is 3.12. The first kappa shape index (κ1) is 13.0. The molecule has 1 aromatic carbocycles. The predicted molar refractivity (Wildman–Crippen MR) is 74.6 cm³/mol. The second kappa shape index (κ2) is 5.96. The average molecular weight is 263 g/mol. The highest BCUT2D eigenvalue weighted by atomic mass is 32.1. The van der Waals surface area contributed by atoms with Crippen LogP contribution in [0.4, 0.5) is 0 Å². The summed E-state index contributed by atoms with van der Waals surface area (Å²) in [4.78, 5) is 12.4. The van der Waals surface area contributed by atoms with E-state index in [2.05, 4.69) is 0 Å². The summed E-state index contributed by atoms with van der Waals surface area (Å²) in [5.74, 6) is -0.244. The van der Waals surface area contributed by atoms with Crippen molar-refractivity contribution < 1.29 is 9.53 Å². The predicted octanol–water partition coefficient (Wildman–Crippen LogP) is 2.61. The summed E-state index contributed by atoms with van der Waals surface area (Å²) in [5, 5.41) is 0. The number of esters is 1. The van der Waals surface area contributed by atoms with Gasteiger partial charge >= 0.3 is 5.97 Å². The molecule has 0 radical (unpaired) electrons. The Morgan fingerprint density at radius 1 is 1.39 bits per heavy atom. The van der Waals surface area contributed by atoms with Crippen molar-refractivity contribution in [1.82, 2.24) is 0 Å². The summed E-state index contributed by atoms with van der Waals surface area (Å²) in [5.41, 5.74) is 7.02. The van der Waals surface area contributed by atoms with Gasteiger partial charge in [-0.2, -0.15) is 0 Å². The van der Waals surface area contributed by atoms with Crippen LogP contribution in [0.2, 0.25) is 0 Å². The van der Waals surface area contributed by atoms with Crippen molar-refractivity contribution in [2.24, 2.45) is 5.73 Å². The molecule has 0 atom stereocenters. The Balaban J connectivity index is 2.02. The lowest BCUT2D eigenvalue weighted by molar-refractivity contribution is 0.0318. The molecule has 96 valence electrons. The van der Waals surface area contributed by atoms with Crippen molar-refractivity contribution in [2.75, 3.05) is 0 Å². The summed E-state index contributed by atoms with van der Waals surface area (Å²) >= 11 is 4.86. The molecule has 3 nitrogen and oxygen atoms in total. The number of carbonyl (C=O) groups excluding carboxylic acids is 1. The minimum absolute atomic E-state index is 0.0942. The van der Waals surface area contributed by atoms with Crippen LogP contribution in [0.25, 0.3) is 0 Å². The lowest BCUT2D eigenvalue weighted by Gasteiger charge is -2.11. The van der Waals surface area contributed by atoms with Gasteiger partial charge in [0.25, 0.3) is 0 Å². The van der Waals surface area contributed by atoms with Gasteiger partial charge in [-0.1, -0.05) is 24.4 Å². The molecule has 0 amide bonds. The van der Waals surface area contributed by atoms with Crippen LogP contribution in [0, 0.1) is 0 Å². The fourth-order valence-corrected chi connectivity index (χ4v) is 2.40. The highest BCUT2D eigenvalue weighted by molar-refractivity contribution is 7.80. The summed E-state index contributed by atoms with van der Waals surface area (Å²) in [6.07, 6.45) is 4.88. The molecule has 1 saturated carbocycles. The first-order valence-corrected chi connectivity index (χ1v) is 6.64. The summed E-state index contributed by atoms with van der Waals surface area (Å²) in [7, 11) is 0. The van der Waals surface area contributed by atoms with Crippen LogP contribution in [-0.4, -0.2) is 17.1 Å². The molecule has 1 fully saturated rings. The van der Waals surface area contributed by atoms with E-state index in [4.69, 9.17) is 22.7 Å². The number of rotatable bonds is 4. The second-order valence-electron chi connectivity index (χ2n) is 4.66. The van der Waals surface area contributed by atoms with Gasteiger partial charge in [-0.15, -0.1) is 0 Å². The van der Waals surface area contributed by atoms with E-state index in [0.717, 1.165) is 31.2 Å². The fourth-order valence-electron chi connectivity index (χ4n) is 2.24. The van der Waals surface area contributed by atoms with Crippen LogP contribution < -0.4 is 5.73 Å². The maximum atomic E-state index is 12.0. The maximum absolute atomic E-state index is 12.0. The van der Waals surface area contributed by atoms with Crippen LogP contribution >= 0.6 is 12.2 Å². The Bertz CT molecular complexity index is 453. The van der Waals surface area contributed by atoms with E-state index < -0.39 is 0 Å². The molecule has 0 spiro atoms. The molecule has 1 aliphatic carbocycles. The smallest absolute Gasteiger partial charge is 0.338 e. The topological polar surface area (TPSA) is 52.3 Å². The standard InChI is InChI=1S/C14H17NO2S/c15-13(18)9-10-4-3-5-11(8-10)14(16)17-12-6-1-2-7-12/h3-5,8,12H,1-2,6-7,9H2,(H2,15,18). The zero-order chi connectivity index (χ0) is 13.0. The van der Waals surface area contributed by atoms with E-state index in [0.29, 0.717) is 17.0 Å². The number of carbonyl (C=O) groups is 1. The SMILES string of the molecule is NC(=S)Cc1cccc(C(=O)OC2CCCC2)c1. The monoisotopic (exact) mass is 263 g/mol. The van der Waals surface area contributed by atoms with Crippen molar-refractivity contribution in [2.45, 2.75) is 38.2 Å². The molecule has 0 unspecified atom stereocenters. The largest absolute Gasteiger partial charge is 0.459 e. The van der Waals surface area contributed by atoms with Gasteiger partial charge in [0.1, 0.15) is 6.10 Å². The highest BCUT2D eigenvalue weighted by Gasteiger charge is 2.20. The van der Waals surface area contributed by atoms with Crippen molar-refractivity contribution in [3.05, 3.63) is 35.4 Å². The number of nitrogens with two attached hydrogens (primary N) is 1. The van der Waals surface area contributed by atoms with Gasteiger partial charge in [0.05, 0.1) is 10.6 Å². The Labute approximate surface area is 112 Å². The molecule has 2 N–H and O–H groups in total. The quantitative estimate of drug-likeness (QED) is 0.670. The van der Waals surface area contributed by atoms with Gasteiger partial charge in [-0.05, 0) is 43.4 Å². The summed E-state index contributed by atoms with van der Waals surface area (Å²) < 4.78 is 5.45. The van der Waals surface area contributed by atoms with Gasteiger partial charge in [0, 0.05) is 6.42 Å². The molecular formula is C14H17NO2S. The Kier molecular flexibility index (Phi) is 4.31. The van der Waals surface area contributed by atoms with E-state index >= 15 is 0 Å². The normalized spacial score (nSPS) is 15.6. The minimum Gasteiger partial charge on any atom is -0.459 e. The van der Waals surface area contributed by atoms with Crippen molar-refractivity contribution in [3.63, 3.8) is 0 Å². The minimum atomic E-state index is -0.244. The van der Waals surface area contributed by atoms with Gasteiger partial charge < -0.3 is 10.5 Å². The van der Waals surface area contributed by atoms with Crippen LogP contribution in [0.15, 0.2) is 24.3 Å². The molecule has 2 rings (SSSR count). The molecule has 1 aliphatic rings. The van der Waals surface area contributed by atoms with Crippen LogP contribution in [0.1, 0.15) is 41.6 Å². The van der Waals surface area contributed by atoms with E-state index in [1.165, 1.54) is 0 Å². The van der Waals surface area contributed by atoms with E-state index in [9.17, 15) is 4.79 Å². The second-order valence-corrected chi connectivity index (χ2v) is 5.18. The molecule has 4 heteroatoms. The number of ether oxygens (including phenoxy) is 1. The van der Waals surface area contributed by atoms with Crippen LogP contribution in [0.3, 0.4) is 0 Å². The first-order valence-electron chi connectivity index (χ1n) is 6.23. The lowest BCUT2D eigenvalue weighted by Crippen LogP contribution is -2.15. The Hall–Kier alpha value is -1.42. The summed E-state index contributed by atoms with van der Waals surface area (Å²) in [6.45, 7) is 0. The zero-order valence-electron chi connectivity index (χ0n) is 10.2. The molecule has 0 bridgehead atoms.